The van der Waals surface area contributed by atoms with Crippen LogP contribution in [0.3, 0.4) is 0 Å². The lowest BCUT2D eigenvalue weighted by atomic mass is 9.73. The van der Waals surface area contributed by atoms with E-state index in [2.05, 4.69) is 10.6 Å². The van der Waals surface area contributed by atoms with E-state index in [1.807, 2.05) is 38.1 Å². The summed E-state index contributed by atoms with van der Waals surface area (Å²) >= 11 is 0. The summed E-state index contributed by atoms with van der Waals surface area (Å²) in [6, 6.07) is 6.81. The Labute approximate surface area is 200 Å². The molecule has 2 N–H and O–H groups in total. The second kappa shape index (κ2) is 8.40. The first-order valence-electron chi connectivity index (χ1n) is 12.6. The molecule has 4 atom stereocenters. The van der Waals surface area contributed by atoms with Crippen molar-refractivity contribution in [1.29, 1.82) is 0 Å². The van der Waals surface area contributed by atoms with Gasteiger partial charge in [0.25, 0.3) is 11.8 Å². The summed E-state index contributed by atoms with van der Waals surface area (Å²) in [6.45, 7) is 4.51. The van der Waals surface area contributed by atoms with E-state index in [4.69, 9.17) is 0 Å². The number of carbonyl (C=O) groups is 4. The Hall–Kier alpha value is -2.90. The largest absolute Gasteiger partial charge is 0.325 e. The molecule has 4 fully saturated rings. The normalized spacial score (nSPS) is 33.7. The van der Waals surface area contributed by atoms with Gasteiger partial charge >= 0.3 is 12.1 Å². The molecular weight excluding hydrogens is 432 g/mol. The van der Waals surface area contributed by atoms with Crippen LogP contribution in [0.4, 0.5) is 9.59 Å². The zero-order valence-electron chi connectivity index (χ0n) is 20.1. The fraction of sp³-hybridized carbons (Fsp3) is 0.615. The minimum Gasteiger partial charge on any atom is -0.323 e. The van der Waals surface area contributed by atoms with Crippen LogP contribution in [0.2, 0.25) is 0 Å². The summed E-state index contributed by atoms with van der Waals surface area (Å²) in [5.74, 6) is 0.00816. The number of rotatable bonds is 4. The van der Waals surface area contributed by atoms with E-state index in [0.29, 0.717) is 12.8 Å². The van der Waals surface area contributed by atoms with E-state index < -0.39 is 11.1 Å². The molecule has 0 radical (unpaired) electrons. The molecule has 4 aliphatic rings. The Balaban J connectivity index is 1.26. The lowest BCUT2D eigenvalue weighted by molar-refractivity contribution is -0.135. The average molecular weight is 467 g/mol. The number of nitrogens with one attached hydrogen (secondary N) is 2. The number of hydrogen-bond acceptors (Lipinski definition) is 4. The molecule has 1 aromatic carbocycles. The van der Waals surface area contributed by atoms with Crippen LogP contribution in [0.15, 0.2) is 24.3 Å². The number of urea groups is 2. The van der Waals surface area contributed by atoms with Crippen molar-refractivity contribution in [3.05, 3.63) is 35.4 Å². The van der Waals surface area contributed by atoms with E-state index in [1.54, 1.807) is 0 Å². The lowest BCUT2D eigenvalue weighted by Crippen LogP contribution is -2.53. The number of hydrogen-bond donors (Lipinski definition) is 2. The van der Waals surface area contributed by atoms with Gasteiger partial charge in [-0.05, 0) is 48.6 Å². The molecule has 2 heterocycles. The summed E-state index contributed by atoms with van der Waals surface area (Å²) in [7, 11) is 0. The quantitative estimate of drug-likeness (QED) is 0.661. The zero-order valence-corrected chi connectivity index (χ0v) is 20.1. The summed E-state index contributed by atoms with van der Waals surface area (Å²) in [6.07, 6.45) is 7.34. The highest BCUT2D eigenvalue weighted by molar-refractivity contribution is 6.08. The Bertz CT molecular complexity index is 943. The maximum absolute atomic E-state index is 13.2. The molecule has 2 saturated carbocycles. The first-order valence-corrected chi connectivity index (χ1v) is 12.6. The van der Waals surface area contributed by atoms with Gasteiger partial charge in [-0.25, -0.2) is 9.59 Å². The molecule has 34 heavy (non-hydrogen) atoms. The monoisotopic (exact) mass is 466 g/mol. The molecule has 5 rings (SSSR count). The van der Waals surface area contributed by atoms with Gasteiger partial charge in [0.05, 0.1) is 13.1 Å². The summed E-state index contributed by atoms with van der Waals surface area (Å²) < 4.78 is 0. The van der Waals surface area contributed by atoms with Gasteiger partial charge in [-0.2, -0.15) is 0 Å². The maximum atomic E-state index is 13.2. The van der Waals surface area contributed by atoms with Crippen molar-refractivity contribution in [2.75, 3.05) is 0 Å². The van der Waals surface area contributed by atoms with Crippen LogP contribution < -0.4 is 10.6 Å². The fourth-order valence-electron chi connectivity index (χ4n) is 6.39. The van der Waals surface area contributed by atoms with E-state index >= 15 is 0 Å². The Kier molecular flexibility index (Phi) is 5.65. The number of amides is 6. The minimum atomic E-state index is -0.759. The van der Waals surface area contributed by atoms with E-state index in [0.717, 1.165) is 49.7 Å². The van der Waals surface area contributed by atoms with Crippen LogP contribution in [-0.2, 0) is 22.7 Å². The van der Waals surface area contributed by atoms with Crippen LogP contribution in [0.5, 0.6) is 0 Å². The van der Waals surface area contributed by atoms with Gasteiger partial charge in [-0.15, -0.1) is 0 Å². The van der Waals surface area contributed by atoms with E-state index in [-0.39, 0.29) is 48.8 Å². The van der Waals surface area contributed by atoms with Crippen molar-refractivity contribution in [2.45, 2.75) is 89.4 Å². The van der Waals surface area contributed by atoms with Gasteiger partial charge in [0.1, 0.15) is 11.1 Å². The lowest BCUT2D eigenvalue weighted by Gasteiger charge is -2.36. The molecule has 182 valence electrons. The topological polar surface area (TPSA) is 98.8 Å². The molecule has 6 amide bonds. The van der Waals surface area contributed by atoms with Crippen LogP contribution in [0.1, 0.15) is 76.3 Å². The van der Waals surface area contributed by atoms with E-state index in [1.165, 1.54) is 9.80 Å². The van der Waals surface area contributed by atoms with Crippen molar-refractivity contribution >= 4 is 23.9 Å². The Morgan fingerprint density at radius 2 is 1.09 bits per heavy atom. The van der Waals surface area contributed by atoms with Gasteiger partial charge < -0.3 is 10.6 Å². The van der Waals surface area contributed by atoms with Gasteiger partial charge in [-0.3, -0.25) is 19.4 Å². The van der Waals surface area contributed by atoms with Gasteiger partial charge in [0.15, 0.2) is 0 Å². The Morgan fingerprint density at radius 1 is 0.706 bits per heavy atom. The molecule has 8 nitrogen and oxygen atoms in total. The third kappa shape index (κ3) is 3.49. The van der Waals surface area contributed by atoms with Gasteiger partial charge in [-0.1, -0.05) is 63.8 Å². The molecule has 0 bridgehead atoms. The summed E-state index contributed by atoms with van der Waals surface area (Å²) in [5.41, 5.74) is 0.153. The van der Waals surface area contributed by atoms with E-state index in [9.17, 15) is 19.2 Å². The van der Waals surface area contributed by atoms with Crippen molar-refractivity contribution in [3.63, 3.8) is 0 Å². The Morgan fingerprint density at radius 3 is 1.44 bits per heavy atom. The highest BCUT2D eigenvalue weighted by atomic mass is 16.2. The van der Waals surface area contributed by atoms with Crippen molar-refractivity contribution < 1.29 is 19.2 Å². The number of carbonyl (C=O) groups excluding carboxylic acids is 4. The average Bonchev–Trinajstić information content (AvgIpc) is 3.20. The van der Waals surface area contributed by atoms with Crippen LogP contribution >= 0.6 is 0 Å². The molecular formula is C26H34N4O4. The highest BCUT2D eigenvalue weighted by Gasteiger charge is 2.55. The molecule has 0 aromatic heterocycles. The van der Waals surface area contributed by atoms with Crippen molar-refractivity contribution in [2.24, 2.45) is 11.8 Å². The van der Waals surface area contributed by atoms with Gasteiger partial charge in [0.2, 0.25) is 0 Å². The third-order valence-corrected chi connectivity index (χ3v) is 8.71. The van der Waals surface area contributed by atoms with Crippen LogP contribution in [0.25, 0.3) is 0 Å². The number of imide groups is 2. The summed E-state index contributed by atoms with van der Waals surface area (Å²) in [5, 5.41) is 5.98. The minimum absolute atomic E-state index is 0.125. The molecule has 8 heteroatoms. The smallest absolute Gasteiger partial charge is 0.323 e. The molecule has 2 saturated heterocycles. The fourth-order valence-corrected chi connectivity index (χ4v) is 6.39. The second-order valence-electron chi connectivity index (χ2n) is 10.7. The first kappa shape index (κ1) is 22.9. The van der Waals surface area contributed by atoms with Crippen LogP contribution in [-0.4, -0.2) is 44.8 Å². The molecule has 2 aliphatic heterocycles. The zero-order chi connectivity index (χ0) is 24.1. The SMILES string of the molecule is C[C@@H]1CCCC[C@]12NC(=O)N(Cc1ccc(CN3C(=O)N[C@]4(CCCC[C@H]4C)C3=O)cc1)C2=O. The van der Waals surface area contributed by atoms with Gasteiger partial charge in [0, 0.05) is 0 Å². The molecule has 2 spiro atoms. The third-order valence-electron chi connectivity index (χ3n) is 8.71. The maximum Gasteiger partial charge on any atom is 0.325 e. The highest BCUT2D eigenvalue weighted by Crippen LogP contribution is 2.40. The second-order valence-corrected chi connectivity index (χ2v) is 10.7. The number of benzene rings is 1. The molecule has 0 unspecified atom stereocenters. The van der Waals surface area contributed by atoms with Crippen molar-refractivity contribution in [1.82, 2.24) is 20.4 Å². The standard InChI is InChI=1S/C26H34N4O4/c1-17-7-3-5-13-25(17)21(31)29(23(33)27-25)15-19-9-11-20(12-10-19)16-30-22(32)26(28-24(30)34)14-6-4-8-18(26)2/h9-12,17-18H,3-8,13-16H2,1-2H3,(H,27,33)(H,28,34)/t17-,18-,25+,26+/m1/s1. The predicted molar refractivity (Wildman–Crippen MR) is 125 cm³/mol. The summed E-state index contributed by atoms with van der Waals surface area (Å²) in [4.78, 5) is 54.4. The number of nitrogens with zero attached hydrogens (tertiary/aromatic N) is 2. The first-order chi connectivity index (χ1) is 16.3. The molecule has 2 aliphatic carbocycles. The van der Waals surface area contributed by atoms with Crippen molar-refractivity contribution in [3.8, 4) is 0 Å². The molecule has 1 aromatic rings. The predicted octanol–water partition coefficient (Wildman–Crippen LogP) is 3.69. The van der Waals surface area contributed by atoms with Crippen LogP contribution in [0, 0.1) is 11.8 Å².